The number of likely N-dealkylation sites (N-methyl/N-ethyl adjacent to an activating group) is 1. The Morgan fingerprint density at radius 3 is 2.73 bits per heavy atom. The van der Waals surface area contributed by atoms with Gasteiger partial charge in [-0.2, -0.15) is 0 Å². The molecule has 0 aliphatic heterocycles. The summed E-state index contributed by atoms with van der Waals surface area (Å²) in [5.74, 6) is -0.383. The number of carbonyl (C=O) groups is 1. The van der Waals surface area contributed by atoms with Gasteiger partial charge in [0.2, 0.25) is 5.91 Å². The minimum absolute atomic E-state index is 0.00911. The van der Waals surface area contributed by atoms with E-state index in [2.05, 4.69) is 4.98 Å². The van der Waals surface area contributed by atoms with Crippen LogP contribution in [0.5, 0.6) is 0 Å². The molecular formula is C19H18FN3O2S. The van der Waals surface area contributed by atoms with E-state index in [9.17, 15) is 14.0 Å². The molecule has 2 aromatic heterocycles. The van der Waals surface area contributed by atoms with E-state index in [0.29, 0.717) is 22.8 Å². The Kier molecular flexibility index (Phi) is 4.32. The summed E-state index contributed by atoms with van der Waals surface area (Å²) in [4.78, 5) is 32.3. The fourth-order valence-electron chi connectivity index (χ4n) is 3.18. The highest BCUT2D eigenvalue weighted by molar-refractivity contribution is 7.17. The molecule has 5 nitrogen and oxygen atoms in total. The van der Waals surface area contributed by atoms with E-state index in [-0.39, 0.29) is 23.8 Å². The van der Waals surface area contributed by atoms with Crippen LogP contribution in [-0.4, -0.2) is 32.9 Å². The second-order valence-corrected chi connectivity index (χ2v) is 7.28. The van der Waals surface area contributed by atoms with E-state index in [1.165, 1.54) is 34.4 Å². The minimum atomic E-state index is -0.325. The first-order valence-corrected chi connectivity index (χ1v) is 9.48. The van der Waals surface area contributed by atoms with Crippen LogP contribution in [-0.2, 0) is 11.3 Å². The number of rotatable bonds is 5. The van der Waals surface area contributed by atoms with Crippen LogP contribution in [0, 0.1) is 5.82 Å². The fourth-order valence-corrected chi connectivity index (χ4v) is 4.09. The molecule has 0 radical (unpaired) electrons. The summed E-state index contributed by atoms with van der Waals surface area (Å²) in [6.07, 6.45) is 3.50. The van der Waals surface area contributed by atoms with Crippen LogP contribution < -0.4 is 5.56 Å². The molecule has 4 rings (SSSR count). The molecule has 1 aliphatic rings. The van der Waals surface area contributed by atoms with Crippen molar-refractivity contribution in [1.82, 2.24) is 14.5 Å². The number of carbonyl (C=O) groups excluding carboxylic acids is 1. The lowest BCUT2D eigenvalue weighted by Gasteiger charge is -2.20. The zero-order valence-electron chi connectivity index (χ0n) is 14.3. The van der Waals surface area contributed by atoms with Gasteiger partial charge in [0, 0.05) is 23.5 Å². The number of benzene rings is 1. The van der Waals surface area contributed by atoms with Crippen molar-refractivity contribution in [2.75, 3.05) is 6.54 Å². The summed E-state index contributed by atoms with van der Waals surface area (Å²) in [6.45, 7) is 2.59. The van der Waals surface area contributed by atoms with E-state index in [1.54, 1.807) is 12.1 Å². The molecule has 0 saturated heterocycles. The first kappa shape index (κ1) is 16.9. The van der Waals surface area contributed by atoms with Crippen molar-refractivity contribution in [3.63, 3.8) is 0 Å². The van der Waals surface area contributed by atoms with Crippen molar-refractivity contribution in [3.8, 4) is 11.1 Å². The van der Waals surface area contributed by atoms with E-state index in [0.717, 1.165) is 24.0 Å². The summed E-state index contributed by atoms with van der Waals surface area (Å²) >= 11 is 1.37. The molecule has 0 N–H and O–H groups in total. The highest BCUT2D eigenvalue weighted by Crippen LogP contribution is 2.31. The lowest BCUT2D eigenvalue weighted by Crippen LogP contribution is -2.37. The maximum atomic E-state index is 13.2. The largest absolute Gasteiger partial charge is 0.338 e. The standard InChI is InChI=1S/C19H18FN3O2S/c1-2-23(14-7-8-14)16(24)9-22-11-21-18-17(19(22)25)15(10-26-18)12-3-5-13(20)6-4-12/h3-6,10-11,14H,2,7-9H2,1H3. The van der Waals surface area contributed by atoms with E-state index >= 15 is 0 Å². The topological polar surface area (TPSA) is 55.2 Å². The number of nitrogens with zero attached hydrogens (tertiary/aromatic N) is 3. The molecule has 1 aliphatic carbocycles. The van der Waals surface area contributed by atoms with Crippen molar-refractivity contribution in [2.45, 2.75) is 32.4 Å². The van der Waals surface area contributed by atoms with Gasteiger partial charge in [-0.3, -0.25) is 14.2 Å². The fraction of sp³-hybridized carbons (Fsp3) is 0.316. The average Bonchev–Trinajstić information content (AvgIpc) is 3.37. The van der Waals surface area contributed by atoms with Gasteiger partial charge in [-0.15, -0.1) is 11.3 Å². The van der Waals surface area contributed by atoms with Crippen LogP contribution in [0.3, 0.4) is 0 Å². The van der Waals surface area contributed by atoms with Crippen LogP contribution in [0.4, 0.5) is 4.39 Å². The summed E-state index contributed by atoms with van der Waals surface area (Å²) < 4.78 is 14.6. The van der Waals surface area contributed by atoms with Crippen LogP contribution in [0.2, 0.25) is 0 Å². The molecule has 1 saturated carbocycles. The van der Waals surface area contributed by atoms with Crippen LogP contribution in [0.15, 0.2) is 40.8 Å². The van der Waals surface area contributed by atoms with Gasteiger partial charge in [0.05, 0.1) is 11.7 Å². The normalized spacial score (nSPS) is 13.9. The highest BCUT2D eigenvalue weighted by Gasteiger charge is 2.31. The Hall–Kier alpha value is -2.54. The first-order valence-electron chi connectivity index (χ1n) is 8.60. The quantitative estimate of drug-likeness (QED) is 0.692. The van der Waals surface area contributed by atoms with Gasteiger partial charge in [-0.1, -0.05) is 12.1 Å². The monoisotopic (exact) mass is 371 g/mol. The molecule has 2 heterocycles. The molecule has 3 aromatic rings. The molecule has 1 aromatic carbocycles. The SMILES string of the molecule is CCN(C(=O)Cn1cnc2scc(-c3ccc(F)cc3)c2c1=O)C1CC1. The van der Waals surface area contributed by atoms with Crippen LogP contribution in [0.1, 0.15) is 19.8 Å². The molecule has 0 atom stereocenters. The Bertz CT molecular complexity index is 1020. The lowest BCUT2D eigenvalue weighted by molar-refractivity contribution is -0.132. The molecule has 26 heavy (non-hydrogen) atoms. The van der Waals surface area contributed by atoms with Crippen molar-refractivity contribution < 1.29 is 9.18 Å². The van der Waals surface area contributed by atoms with Gasteiger partial charge < -0.3 is 4.90 Å². The second kappa shape index (κ2) is 6.64. The third kappa shape index (κ3) is 3.03. The summed E-state index contributed by atoms with van der Waals surface area (Å²) in [5.41, 5.74) is 1.24. The smallest absolute Gasteiger partial charge is 0.263 e. The van der Waals surface area contributed by atoms with Crippen molar-refractivity contribution in [2.24, 2.45) is 0 Å². The van der Waals surface area contributed by atoms with E-state index in [1.807, 2.05) is 17.2 Å². The zero-order chi connectivity index (χ0) is 18.3. The van der Waals surface area contributed by atoms with Gasteiger partial charge in [0.1, 0.15) is 17.2 Å². The number of aromatic nitrogens is 2. The molecule has 0 bridgehead atoms. The molecule has 134 valence electrons. The minimum Gasteiger partial charge on any atom is -0.338 e. The van der Waals surface area contributed by atoms with Gasteiger partial charge in [-0.05, 0) is 37.5 Å². The molecule has 1 amide bonds. The molecule has 0 spiro atoms. The Balaban J connectivity index is 1.72. The molecular weight excluding hydrogens is 353 g/mol. The van der Waals surface area contributed by atoms with Crippen molar-refractivity contribution >= 4 is 27.5 Å². The summed E-state index contributed by atoms with van der Waals surface area (Å²) in [5, 5.41) is 2.33. The number of hydrogen-bond acceptors (Lipinski definition) is 4. The van der Waals surface area contributed by atoms with Gasteiger partial charge >= 0.3 is 0 Å². The predicted molar refractivity (Wildman–Crippen MR) is 99.7 cm³/mol. The second-order valence-electron chi connectivity index (χ2n) is 6.42. The van der Waals surface area contributed by atoms with Gasteiger partial charge in [0.25, 0.3) is 5.56 Å². The number of thiophene rings is 1. The number of hydrogen-bond donors (Lipinski definition) is 0. The van der Waals surface area contributed by atoms with Crippen molar-refractivity contribution in [3.05, 3.63) is 52.1 Å². The average molecular weight is 371 g/mol. The summed E-state index contributed by atoms with van der Waals surface area (Å²) in [6, 6.07) is 6.34. The third-order valence-corrected chi connectivity index (χ3v) is 5.56. The Morgan fingerprint density at radius 2 is 2.08 bits per heavy atom. The van der Waals surface area contributed by atoms with Crippen LogP contribution in [0.25, 0.3) is 21.3 Å². The Morgan fingerprint density at radius 1 is 1.35 bits per heavy atom. The molecule has 1 fully saturated rings. The van der Waals surface area contributed by atoms with Crippen molar-refractivity contribution in [1.29, 1.82) is 0 Å². The van der Waals surface area contributed by atoms with Crippen LogP contribution >= 0.6 is 11.3 Å². The maximum Gasteiger partial charge on any atom is 0.263 e. The lowest BCUT2D eigenvalue weighted by atomic mass is 10.1. The first-order chi connectivity index (χ1) is 12.6. The maximum absolute atomic E-state index is 13.2. The number of fused-ring (bicyclic) bond motifs is 1. The van der Waals surface area contributed by atoms with E-state index < -0.39 is 0 Å². The predicted octanol–water partition coefficient (Wildman–Crippen LogP) is 3.28. The highest BCUT2D eigenvalue weighted by atomic mass is 32.1. The molecule has 0 unspecified atom stereocenters. The molecule has 7 heteroatoms. The zero-order valence-corrected chi connectivity index (χ0v) is 15.1. The van der Waals surface area contributed by atoms with Gasteiger partial charge in [0.15, 0.2) is 0 Å². The third-order valence-electron chi connectivity index (χ3n) is 4.67. The summed E-state index contributed by atoms with van der Waals surface area (Å²) in [7, 11) is 0. The Labute approximate surface area is 153 Å². The number of halogens is 1. The van der Waals surface area contributed by atoms with Gasteiger partial charge in [-0.25, -0.2) is 9.37 Å². The number of amides is 1. The van der Waals surface area contributed by atoms with E-state index in [4.69, 9.17) is 0 Å².